The number of halogens is 3. The Kier molecular flexibility index (Phi) is 11.8. The van der Waals surface area contributed by atoms with Gasteiger partial charge in [-0.15, -0.1) is 24.8 Å². The first-order valence-corrected chi connectivity index (χ1v) is 10.1. The van der Waals surface area contributed by atoms with E-state index in [0.29, 0.717) is 13.2 Å². The Hall–Kier alpha value is -0.600. The summed E-state index contributed by atoms with van der Waals surface area (Å²) in [5.74, 6) is 0.0954. The van der Waals surface area contributed by atoms with Crippen molar-refractivity contribution in [2.24, 2.45) is 5.41 Å². The molecule has 1 aromatic carbocycles. The Bertz CT molecular complexity index is 601. The minimum atomic E-state index is -0.435. The van der Waals surface area contributed by atoms with E-state index >= 15 is 0 Å². The number of amides is 1. The number of hydrogen-bond acceptors (Lipinski definition) is 5. The van der Waals surface area contributed by atoms with E-state index in [1.807, 2.05) is 24.3 Å². The number of rotatable bonds is 7. The maximum absolute atomic E-state index is 13.1. The van der Waals surface area contributed by atoms with E-state index in [1.165, 1.54) is 0 Å². The molecule has 0 radical (unpaired) electrons. The van der Waals surface area contributed by atoms with Gasteiger partial charge in [0, 0.05) is 31.8 Å². The number of methoxy groups -OCH3 is 1. The van der Waals surface area contributed by atoms with Crippen molar-refractivity contribution in [1.82, 2.24) is 15.5 Å². The molecule has 2 heterocycles. The van der Waals surface area contributed by atoms with Crippen LogP contribution in [0.25, 0.3) is 0 Å². The molecule has 1 unspecified atom stereocenters. The number of nitrogens with zero attached hydrogens (tertiary/aromatic N) is 1. The van der Waals surface area contributed by atoms with Crippen LogP contribution in [0.4, 0.5) is 0 Å². The molecule has 2 N–H and O–H groups in total. The molecule has 3 rings (SSSR count). The zero-order chi connectivity index (χ0) is 19.1. The molecule has 0 aromatic heterocycles. The van der Waals surface area contributed by atoms with E-state index in [1.54, 1.807) is 7.11 Å². The first kappa shape index (κ1) is 26.4. The number of morpholine rings is 1. The van der Waals surface area contributed by atoms with Gasteiger partial charge < -0.3 is 20.1 Å². The minimum Gasteiger partial charge on any atom is -0.384 e. The van der Waals surface area contributed by atoms with Gasteiger partial charge in [-0.1, -0.05) is 23.7 Å². The van der Waals surface area contributed by atoms with Gasteiger partial charge in [0.15, 0.2) is 0 Å². The molecular formula is C20H32Cl3N3O3. The normalized spacial score (nSPS) is 20.1. The lowest BCUT2D eigenvalue weighted by Gasteiger charge is -2.38. The highest BCUT2D eigenvalue weighted by Gasteiger charge is 2.40. The van der Waals surface area contributed by atoms with Gasteiger partial charge in [-0.05, 0) is 43.6 Å². The first-order chi connectivity index (χ1) is 13.1. The van der Waals surface area contributed by atoms with Crippen molar-refractivity contribution in [3.63, 3.8) is 0 Å². The molecule has 2 fully saturated rings. The Morgan fingerprint density at radius 1 is 1.24 bits per heavy atom. The molecule has 6 nitrogen and oxygen atoms in total. The fraction of sp³-hybridized carbons (Fsp3) is 0.650. The van der Waals surface area contributed by atoms with Crippen molar-refractivity contribution in [1.29, 1.82) is 0 Å². The van der Waals surface area contributed by atoms with Crippen molar-refractivity contribution >= 4 is 42.3 Å². The van der Waals surface area contributed by atoms with Crippen LogP contribution in [0.3, 0.4) is 0 Å². The minimum absolute atomic E-state index is 0. The van der Waals surface area contributed by atoms with Gasteiger partial charge in [0.25, 0.3) is 0 Å². The molecule has 0 saturated carbocycles. The molecule has 166 valence electrons. The van der Waals surface area contributed by atoms with Crippen LogP contribution >= 0.6 is 36.4 Å². The quantitative estimate of drug-likeness (QED) is 0.644. The number of hydrogen-bond donors (Lipinski definition) is 2. The SMILES string of the molecule is COCC1(C(=O)NCC(c2ccc(Cl)cc2)N2CCOCC2)CCNCC1.Cl.Cl. The Labute approximate surface area is 190 Å². The highest BCUT2D eigenvalue weighted by molar-refractivity contribution is 6.30. The summed E-state index contributed by atoms with van der Waals surface area (Å²) in [6.45, 7) is 5.88. The van der Waals surface area contributed by atoms with E-state index in [9.17, 15) is 4.79 Å². The van der Waals surface area contributed by atoms with E-state index < -0.39 is 5.41 Å². The lowest BCUT2D eigenvalue weighted by atomic mass is 9.78. The Morgan fingerprint density at radius 2 is 1.86 bits per heavy atom. The molecule has 0 aliphatic carbocycles. The summed E-state index contributed by atoms with van der Waals surface area (Å²) >= 11 is 6.06. The van der Waals surface area contributed by atoms with Gasteiger partial charge in [-0.25, -0.2) is 0 Å². The fourth-order valence-electron chi connectivity index (χ4n) is 4.03. The topological polar surface area (TPSA) is 62.8 Å². The van der Waals surface area contributed by atoms with Gasteiger partial charge in [0.05, 0.1) is 31.3 Å². The third-order valence-electron chi connectivity index (χ3n) is 5.66. The molecule has 2 aliphatic rings. The predicted molar refractivity (Wildman–Crippen MR) is 121 cm³/mol. The molecule has 2 saturated heterocycles. The zero-order valence-corrected chi connectivity index (χ0v) is 19.2. The molecule has 9 heteroatoms. The van der Waals surface area contributed by atoms with Gasteiger partial charge in [0.1, 0.15) is 0 Å². The van der Waals surface area contributed by atoms with Crippen LogP contribution in [0.1, 0.15) is 24.4 Å². The average molecular weight is 469 g/mol. The largest absolute Gasteiger partial charge is 0.384 e. The van der Waals surface area contributed by atoms with Crippen LogP contribution < -0.4 is 10.6 Å². The molecule has 29 heavy (non-hydrogen) atoms. The fourth-order valence-corrected chi connectivity index (χ4v) is 4.15. The second-order valence-electron chi connectivity index (χ2n) is 7.39. The van der Waals surface area contributed by atoms with Crippen molar-refractivity contribution in [2.45, 2.75) is 18.9 Å². The van der Waals surface area contributed by atoms with Crippen molar-refractivity contribution in [2.75, 3.05) is 59.7 Å². The van der Waals surface area contributed by atoms with Crippen LogP contribution in [0.2, 0.25) is 5.02 Å². The van der Waals surface area contributed by atoms with Crippen LogP contribution in [-0.4, -0.2) is 70.5 Å². The number of benzene rings is 1. The molecule has 1 amide bonds. The summed E-state index contributed by atoms with van der Waals surface area (Å²) in [4.78, 5) is 15.5. The third kappa shape index (κ3) is 6.96. The highest BCUT2D eigenvalue weighted by atomic mass is 35.5. The van der Waals surface area contributed by atoms with E-state index in [4.69, 9.17) is 21.1 Å². The molecule has 2 aliphatic heterocycles. The standard InChI is InChI=1S/C20H30ClN3O3.2ClH/c1-26-15-20(6-8-22-9-7-20)19(25)23-14-18(24-10-12-27-13-11-24)16-2-4-17(21)5-3-16;;/h2-5,18,22H,6-15H2,1H3,(H,23,25);2*1H. The summed E-state index contributed by atoms with van der Waals surface area (Å²) in [6.07, 6.45) is 1.60. The molecule has 0 bridgehead atoms. The van der Waals surface area contributed by atoms with E-state index in [-0.39, 0.29) is 36.8 Å². The Morgan fingerprint density at radius 3 is 2.45 bits per heavy atom. The molecule has 1 atom stereocenters. The second kappa shape index (κ2) is 13.0. The maximum atomic E-state index is 13.1. The lowest BCUT2D eigenvalue weighted by Crippen LogP contribution is -2.52. The zero-order valence-electron chi connectivity index (χ0n) is 16.8. The summed E-state index contributed by atoms with van der Waals surface area (Å²) in [5.41, 5.74) is 0.725. The summed E-state index contributed by atoms with van der Waals surface area (Å²) < 4.78 is 10.9. The molecular weight excluding hydrogens is 437 g/mol. The van der Waals surface area contributed by atoms with Gasteiger partial charge in [-0.3, -0.25) is 9.69 Å². The molecule has 1 aromatic rings. The number of carbonyl (C=O) groups is 1. The van der Waals surface area contributed by atoms with Crippen LogP contribution in [0.15, 0.2) is 24.3 Å². The number of ether oxygens (including phenoxy) is 2. The summed E-state index contributed by atoms with van der Waals surface area (Å²) in [7, 11) is 1.67. The number of carbonyl (C=O) groups excluding carboxylic acids is 1. The van der Waals surface area contributed by atoms with Crippen LogP contribution in [-0.2, 0) is 14.3 Å². The van der Waals surface area contributed by atoms with Crippen LogP contribution in [0, 0.1) is 5.41 Å². The second-order valence-corrected chi connectivity index (χ2v) is 7.83. The van der Waals surface area contributed by atoms with Gasteiger partial charge in [-0.2, -0.15) is 0 Å². The number of piperidine rings is 1. The van der Waals surface area contributed by atoms with Crippen LogP contribution in [0.5, 0.6) is 0 Å². The van der Waals surface area contributed by atoms with Crippen molar-refractivity contribution in [3.05, 3.63) is 34.9 Å². The van der Waals surface area contributed by atoms with Gasteiger partial charge >= 0.3 is 0 Å². The smallest absolute Gasteiger partial charge is 0.228 e. The lowest BCUT2D eigenvalue weighted by molar-refractivity contribution is -0.136. The highest BCUT2D eigenvalue weighted by Crippen LogP contribution is 2.30. The monoisotopic (exact) mass is 467 g/mol. The van der Waals surface area contributed by atoms with Gasteiger partial charge in [0.2, 0.25) is 5.91 Å². The predicted octanol–water partition coefficient (Wildman–Crippen LogP) is 2.69. The van der Waals surface area contributed by atoms with E-state index in [2.05, 4.69) is 15.5 Å². The maximum Gasteiger partial charge on any atom is 0.228 e. The third-order valence-corrected chi connectivity index (χ3v) is 5.91. The Balaban J connectivity index is 0.00000210. The summed E-state index contributed by atoms with van der Waals surface area (Å²) in [6, 6.07) is 8.02. The molecule has 0 spiro atoms. The average Bonchev–Trinajstić information content (AvgIpc) is 2.71. The van der Waals surface area contributed by atoms with Crippen molar-refractivity contribution in [3.8, 4) is 0 Å². The first-order valence-electron chi connectivity index (χ1n) is 9.70. The number of nitrogens with one attached hydrogen (secondary N) is 2. The van der Waals surface area contributed by atoms with E-state index in [0.717, 1.165) is 62.8 Å². The van der Waals surface area contributed by atoms with Crippen molar-refractivity contribution < 1.29 is 14.3 Å². The summed E-state index contributed by atoms with van der Waals surface area (Å²) in [5, 5.41) is 7.28.